The van der Waals surface area contributed by atoms with Gasteiger partial charge in [0.2, 0.25) is 0 Å². The summed E-state index contributed by atoms with van der Waals surface area (Å²) >= 11 is 0. The van der Waals surface area contributed by atoms with Gasteiger partial charge >= 0.3 is 5.97 Å². The van der Waals surface area contributed by atoms with Crippen molar-refractivity contribution in [2.24, 2.45) is 5.92 Å². The second-order valence-corrected chi connectivity index (χ2v) is 6.46. The van der Waals surface area contributed by atoms with Gasteiger partial charge in [-0.1, -0.05) is 18.2 Å². The number of hydrogen-bond donors (Lipinski definition) is 0. The Kier molecular flexibility index (Phi) is 4.71. The minimum absolute atomic E-state index is 0.249. The third-order valence-electron chi connectivity index (χ3n) is 5.19. The molecule has 1 saturated carbocycles. The van der Waals surface area contributed by atoms with E-state index in [1.54, 1.807) is 7.11 Å². The molecule has 3 rings (SSSR count). The molecule has 0 amide bonds. The summed E-state index contributed by atoms with van der Waals surface area (Å²) in [5.74, 6) is 0.391. The highest BCUT2D eigenvalue weighted by atomic mass is 16.5. The third-order valence-corrected chi connectivity index (χ3v) is 5.19. The number of benzene rings is 1. The average Bonchev–Trinajstić information content (AvgIpc) is 2.87. The van der Waals surface area contributed by atoms with Crippen molar-refractivity contribution in [3.8, 4) is 0 Å². The second kappa shape index (κ2) is 6.75. The van der Waals surface area contributed by atoms with Crippen molar-refractivity contribution in [1.82, 2.24) is 4.57 Å². The second-order valence-electron chi connectivity index (χ2n) is 6.46. The highest BCUT2D eigenvalue weighted by Gasteiger charge is 2.25. The first-order valence-corrected chi connectivity index (χ1v) is 8.34. The summed E-state index contributed by atoms with van der Waals surface area (Å²) in [5, 5.41) is 0.988. The number of hydrogen-bond acceptors (Lipinski definition) is 3. The fraction of sp³-hybridized carbons (Fsp3) is 0.526. The first kappa shape index (κ1) is 16.1. The summed E-state index contributed by atoms with van der Waals surface area (Å²) in [4.78, 5) is 12.2. The Morgan fingerprint density at radius 3 is 2.52 bits per heavy atom. The van der Waals surface area contributed by atoms with Crippen LogP contribution < -0.4 is 0 Å². The predicted molar refractivity (Wildman–Crippen MR) is 90.8 cm³/mol. The van der Waals surface area contributed by atoms with Crippen molar-refractivity contribution in [3.05, 3.63) is 35.5 Å². The molecule has 0 radical (unpaired) electrons. The molecule has 1 fully saturated rings. The maximum Gasteiger partial charge on any atom is 0.340 e. The molecule has 0 aliphatic heterocycles. The van der Waals surface area contributed by atoms with Gasteiger partial charge in [0, 0.05) is 30.3 Å². The monoisotopic (exact) mass is 315 g/mol. The van der Waals surface area contributed by atoms with E-state index in [2.05, 4.69) is 10.6 Å². The van der Waals surface area contributed by atoms with Crippen LogP contribution in [0.4, 0.5) is 0 Å². The number of rotatable bonds is 4. The van der Waals surface area contributed by atoms with Crippen LogP contribution >= 0.6 is 0 Å². The molecular formula is C19H25NO3. The van der Waals surface area contributed by atoms with Crippen LogP contribution in [0.25, 0.3) is 10.9 Å². The van der Waals surface area contributed by atoms with Crippen LogP contribution in [0, 0.1) is 12.8 Å². The quantitative estimate of drug-likeness (QED) is 0.802. The molecule has 0 spiro atoms. The summed E-state index contributed by atoms with van der Waals surface area (Å²) in [6, 6.07) is 8.10. The van der Waals surface area contributed by atoms with Gasteiger partial charge in [-0.05, 0) is 44.6 Å². The summed E-state index contributed by atoms with van der Waals surface area (Å²) in [6.07, 6.45) is 5.03. The molecule has 0 unspecified atom stereocenters. The highest BCUT2D eigenvalue weighted by Crippen LogP contribution is 2.32. The normalized spacial score (nSPS) is 21.5. The largest absolute Gasteiger partial charge is 0.465 e. The number of carbonyl (C=O) groups is 1. The Bertz CT molecular complexity index is 696. The zero-order chi connectivity index (χ0) is 16.4. The summed E-state index contributed by atoms with van der Waals surface area (Å²) in [7, 11) is 3.25. The predicted octanol–water partition coefficient (Wildman–Crippen LogP) is 3.94. The van der Waals surface area contributed by atoms with Crippen LogP contribution in [0.2, 0.25) is 0 Å². The molecule has 0 atom stereocenters. The van der Waals surface area contributed by atoms with Crippen molar-refractivity contribution in [3.63, 3.8) is 0 Å². The fourth-order valence-electron chi connectivity index (χ4n) is 3.83. The van der Waals surface area contributed by atoms with Crippen LogP contribution in [0.5, 0.6) is 0 Å². The Morgan fingerprint density at radius 2 is 1.87 bits per heavy atom. The zero-order valence-electron chi connectivity index (χ0n) is 14.2. The summed E-state index contributed by atoms with van der Waals surface area (Å²) in [6.45, 7) is 2.98. The topological polar surface area (TPSA) is 40.5 Å². The van der Waals surface area contributed by atoms with Crippen molar-refractivity contribution in [2.75, 3.05) is 14.2 Å². The lowest BCUT2D eigenvalue weighted by Crippen LogP contribution is -2.23. The summed E-state index contributed by atoms with van der Waals surface area (Å²) in [5.41, 5.74) is 2.83. The maximum absolute atomic E-state index is 12.2. The number of para-hydroxylation sites is 1. The third kappa shape index (κ3) is 3.00. The molecule has 4 nitrogen and oxygen atoms in total. The van der Waals surface area contributed by atoms with E-state index in [0.29, 0.717) is 17.6 Å². The molecule has 1 aliphatic carbocycles. The molecule has 1 heterocycles. The Labute approximate surface area is 137 Å². The van der Waals surface area contributed by atoms with Gasteiger partial charge in [-0.15, -0.1) is 0 Å². The highest BCUT2D eigenvalue weighted by molar-refractivity contribution is 6.05. The minimum atomic E-state index is -0.249. The lowest BCUT2D eigenvalue weighted by molar-refractivity contribution is 0.0543. The molecular weight excluding hydrogens is 290 g/mol. The van der Waals surface area contributed by atoms with E-state index in [0.717, 1.165) is 36.0 Å². The number of nitrogens with zero attached hydrogens (tertiary/aromatic N) is 1. The van der Waals surface area contributed by atoms with E-state index in [-0.39, 0.29) is 5.97 Å². The van der Waals surface area contributed by atoms with Crippen LogP contribution in [0.15, 0.2) is 24.3 Å². The van der Waals surface area contributed by atoms with Gasteiger partial charge in [0.05, 0.1) is 18.8 Å². The Balaban J connectivity index is 1.92. The van der Waals surface area contributed by atoms with E-state index in [4.69, 9.17) is 9.47 Å². The van der Waals surface area contributed by atoms with E-state index in [9.17, 15) is 4.79 Å². The summed E-state index contributed by atoms with van der Waals surface area (Å²) < 4.78 is 12.7. The van der Waals surface area contributed by atoms with Crippen molar-refractivity contribution in [1.29, 1.82) is 0 Å². The van der Waals surface area contributed by atoms with Crippen LogP contribution in [0.1, 0.15) is 41.7 Å². The zero-order valence-corrected chi connectivity index (χ0v) is 14.2. The molecule has 0 saturated heterocycles. The van der Waals surface area contributed by atoms with Crippen LogP contribution in [-0.2, 0) is 16.0 Å². The SMILES string of the molecule is COC(=O)c1c(C)n(CC2CCC(OC)CC2)c2ccccc12. The van der Waals surface area contributed by atoms with Crippen molar-refractivity contribution < 1.29 is 14.3 Å². The number of methoxy groups -OCH3 is 2. The lowest BCUT2D eigenvalue weighted by Gasteiger charge is -2.28. The average molecular weight is 315 g/mol. The van der Waals surface area contributed by atoms with Gasteiger partial charge in [0.25, 0.3) is 0 Å². The number of fused-ring (bicyclic) bond motifs is 1. The van der Waals surface area contributed by atoms with Gasteiger partial charge in [-0.25, -0.2) is 4.79 Å². The molecule has 0 bridgehead atoms. The van der Waals surface area contributed by atoms with Gasteiger partial charge in [0.1, 0.15) is 0 Å². The molecule has 1 aromatic carbocycles. The van der Waals surface area contributed by atoms with Crippen LogP contribution in [-0.4, -0.2) is 30.9 Å². The molecule has 124 valence electrons. The lowest BCUT2D eigenvalue weighted by atomic mass is 9.87. The smallest absolute Gasteiger partial charge is 0.340 e. The molecule has 4 heteroatoms. The van der Waals surface area contributed by atoms with E-state index >= 15 is 0 Å². The van der Waals surface area contributed by atoms with Gasteiger partial charge < -0.3 is 14.0 Å². The van der Waals surface area contributed by atoms with Crippen molar-refractivity contribution >= 4 is 16.9 Å². The van der Waals surface area contributed by atoms with Gasteiger partial charge in [-0.3, -0.25) is 0 Å². The standard InChI is InChI=1S/C19H25NO3/c1-13-18(19(21)23-3)16-6-4-5-7-17(16)20(13)12-14-8-10-15(22-2)11-9-14/h4-7,14-15H,8-12H2,1-3H3. The number of ether oxygens (including phenoxy) is 2. The van der Waals surface area contributed by atoms with E-state index < -0.39 is 0 Å². The van der Waals surface area contributed by atoms with Crippen LogP contribution in [0.3, 0.4) is 0 Å². The molecule has 23 heavy (non-hydrogen) atoms. The molecule has 1 aliphatic rings. The maximum atomic E-state index is 12.2. The van der Waals surface area contributed by atoms with Gasteiger partial charge in [0.15, 0.2) is 0 Å². The first-order chi connectivity index (χ1) is 11.2. The Morgan fingerprint density at radius 1 is 1.17 bits per heavy atom. The number of carbonyl (C=O) groups excluding carboxylic acids is 1. The van der Waals surface area contributed by atoms with Gasteiger partial charge in [-0.2, -0.15) is 0 Å². The van der Waals surface area contributed by atoms with Crippen molar-refractivity contribution in [2.45, 2.75) is 45.3 Å². The molecule has 2 aromatic rings. The van der Waals surface area contributed by atoms with E-state index in [1.165, 1.54) is 20.0 Å². The van der Waals surface area contributed by atoms with E-state index in [1.807, 2.05) is 25.1 Å². The number of esters is 1. The minimum Gasteiger partial charge on any atom is -0.465 e. The first-order valence-electron chi connectivity index (χ1n) is 8.34. The number of aromatic nitrogens is 1. The Hall–Kier alpha value is -1.81. The molecule has 0 N–H and O–H groups in total. The molecule has 1 aromatic heterocycles. The fourth-order valence-corrected chi connectivity index (χ4v) is 3.83.